The lowest BCUT2D eigenvalue weighted by atomic mass is 10.0. The molecule has 0 radical (unpaired) electrons. The molecule has 2 aromatic carbocycles. The van der Waals surface area contributed by atoms with Crippen molar-refractivity contribution in [1.82, 2.24) is 0 Å². The van der Waals surface area contributed by atoms with E-state index in [1.807, 2.05) is 18.2 Å². The Hall–Kier alpha value is -1.85. The molecular formula is C16H16FN. The van der Waals surface area contributed by atoms with E-state index in [0.29, 0.717) is 5.39 Å². The molecule has 1 nitrogen and oxygen atoms in total. The van der Waals surface area contributed by atoms with Gasteiger partial charge in [-0.05, 0) is 18.6 Å². The number of hydrogen-bond donors (Lipinski definition) is 1. The molecule has 0 fully saturated rings. The Bertz CT molecular complexity index is 607. The van der Waals surface area contributed by atoms with E-state index in [1.165, 1.54) is 6.07 Å². The van der Waals surface area contributed by atoms with Gasteiger partial charge >= 0.3 is 0 Å². The van der Waals surface area contributed by atoms with Crippen LogP contribution in [-0.4, -0.2) is 6.04 Å². The molecule has 0 spiro atoms. The van der Waals surface area contributed by atoms with Crippen LogP contribution in [0.3, 0.4) is 0 Å². The average Bonchev–Trinajstić information content (AvgIpc) is 2.39. The number of benzene rings is 2. The minimum absolute atomic E-state index is 0.112. The summed E-state index contributed by atoms with van der Waals surface area (Å²) in [4.78, 5) is 0. The lowest BCUT2D eigenvalue weighted by Gasteiger charge is -2.03. The zero-order valence-electron chi connectivity index (χ0n) is 10.4. The molecule has 1 atom stereocenters. The number of nitrogens with two attached hydrogens (primary N) is 1. The van der Waals surface area contributed by atoms with Crippen molar-refractivity contribution in [2.24, 2.45) is 5.73 Å². The number of rotatable bonds is 2. The Morgan fingerprint density at radius 2 is 1.89 bits per heavy atom. The van der Waals surface area contributed by atoms with Crippen LogP contribution < -0.4 is 5.73 Å². The van der Waals surface area contributed by atoms with Crippen molar-refractivity contribution in [3.8, 4) is 11.8 Å². The topological polar surface area (TPSA) is 26.0 Å². The highest BCUT2D eigenvalue weighted by atomic mass is 19.1. The average molecular weight is 241 g/mol. The molecule has 18 heavy (non-hydrogen) atoms. The third kappa shape index (κ3) is 2.69. The molecule has 0 aliphatic rings. The van der Waals surface area contributed by atoms with Crippen LogP contribution in [0.15, 0.2) is 36.4 Å². The maximum atomic E-state index is 13.6. The number of halogens is 1. The van der Waals surface area contributed by atoms with Gasteiger partial charge in [0.25, 0.3) is 0 Å². The van der Waals surface area contributed by atoms with E-state index in [9.17, 15) is 4.39 Å². The highest BCUT2D eigenvalue weighted by Crippen LogP contribution is 2.20. The van der Waals surface area contributed by atoms with Crippen LogP contribution in [0.1, 0.15) is 25.3 Å². The van der Waals surface area contributed by atoms with Crippen molar-refractivity contribution in [2.75, 3.05) is 0 Å². The first-order valence-electron chi connectivity index (χ1n) is 6.16. The van der Waals surface area contributed by atoms with Crippen LogP contribution in [0.5, 0.6) is 0 Å². The van der Waals surface area contributed by atoms with Crippen molar-refractivity contribution in [3.05, 3.63) is 47.8 Å². The van der Waals surface area contributed by atoms with Gasteiger partial charge in [-0.1, -0.05) is 49.5 Å². The summed E-state index contributed by atoms with van der Waals surface area (Å²) >= 11 is 0. The van der Waals surface area contributed by atoms with Gasteiger partial charge in [0.2, 0.25) is 0 Å². The zero-order chi connectivity index (χ0) is 13.0. The van der Waals surface area contributed by atoms with E-state index in [1.54, 1.807) is 12.1 Å². The van der Waals surface area contributed by atoms with Crippen LogP contribution in [0.25, 0.3) is 10.8 Å². The Labute approximate surface area is 107 Å². The zero-order valence-corrected chi connectivity index (χ0v) is 10.4. The minimum atomic E-state index is -0.214. The summed E-state index contributed by atoms with van der Waals surface area (Å²) in [5, 5.41) is 1.45. The number of fused-ring (bicyclic) bond motifs is 1. The molecule has 2 heteroatoms. The monoisotopic (exact) mass is 241 g/mol. The fourth-order valence-electron chi connectivity index (χ4n) is 1.92. The molecule has 0 amide bonds. The second-order valence-corrected chi connectivity index (χ2v) is 4.31. The van der Waals surface area contributed by atoms with Gasteiger partial charge in [0.05, 0.1) is 6.04 Å². The maximum absolute atomic E-state index is 13.6. The molecule has 0 saturated carbocycles. The van der Waals surface area contributed by atoms with Gasteiger partial charge in [-0.15, -0.1) is 0 Å². The van der Waals surface area contributed by atoms with E-state index in [0.717, 1.165) is 23.8 Å². The van der Waals surface area contributed by atoms with Gasteiger partial charge < -0.3 is 5.73 Å². The largest absolute Gasteiger partial charge is 0.318 e. The van der Waals surface area contributed by atoms with Crippen LogP contribution >= 0.6 is 0 Å². The summed E-state index contributed by atoms with van der Waals surface area (Å²) in [5.74, 6) is 5.86. The Balaban J connectivity index is 2.43. The van der Waals surface area contributed by atoms with E-state index in [4.69, 9.17) is 5.73 Å². The lowest BCUT2D eigenvalue weighted by Crippen LogP contribution is -2.16. The molecule has 0 aliphatic carbocycles. The van der Waals surface area contributed by atoms with Gasteiger partial charge in [0, 0.05) is 16.3 Å². The van der Waals surface area contributed by atoms with Crippen LogP contribution in [0.2, 0.25) is 0 Å². The molecule has 0 bridgehead atoms. The molecule has 2 rings (SSSR count). The normalized spacial score (nSPS) is 11.9. The highest BCUT2D eigenvalue weighted by Gasteiger charge is 2.03. The Morgan fingerprint density at radius 3 is 2.61 bits per heavy atom. The van der Waals surface area contributed by atoms with Crippen molar-refractivity contribution < 1.29 is 4.39 Å². The summed E-state index contributed by atoms with van der Waals surface area (Å²) in [6, 6.07) is 10.4. The fraction of sp³-hybridized carbons (Fsp3) is 0.250. The molecule has 0 saturated heterocycles. The summed E-state index contributed by atoms with van der Waals surface area (Å²) in [6.07, 6.45) is 1.89. The third-order valence-electron chi connectivity index (χ3n) is 2.86. The standard InChI is InChI=1S/C16H16FN/c1-2-5-13(18)10-8-12-9-11-16(17)15-7-4-3-6-14(12)15/h3-4,6-7,9,11,13H,2,5,18H2,1H3. The molecule has 2 N–H and O–H groups in total. The van der Waals surface area contributed by atoms with Crippen molar-refractivity contribution in [2.45, 2.75) is 25.8 Å². The van der Waals surface area contributed by atoms with Gasteiger partial charge in [-0.25, -0.2) is 4.39 Å². The second kappa shape index (κ2) is 5.66. The first kappa shape index (κ1) is 12.6. The number of hydrogen-bond acceptors (Lipinski definition) is 1. The van der Waals surface area contributed by atoms with E-state index < -0.39 is 0 Å². The van der Waals surface area contributed by atoms with Crippen LogP contribution in [-0.2, 0) is 0 Å². The van der Waals surface area contributed by atoms with Crippen LogP contribution in [0, 0.1) is 17.7 Å². The van der Waals surface area contributed by atoms with Gasteiger partial charge in [0.15, 0.2) is 0 Å². The molecule has 0 aliphatic heterocycles. The van der Waals surface area contributed by atoms with E-state index in [-0.39, 0.29) is 11.9 Å². The van der Waals surface area contributed by atoms with Crippen molar-refractivity contribution >= 4 is 10.8 Å². The maximum Gasteiger partial charge on any atom is 0.131 e. The molecule has 1 unspecified atom stereocenters. The third-order valence-corrected chi connectivity index (χ3v) is 2.86. The predicted octanol–water partition coefficient (Wildman–Crippen LogP) is 3.46. The smallest absolute Gasteiger partial charge is 0.131 e. The van der Waals surface area contributed by atoms with Gasteiger partial charge in [-0.3, -0.25) is 0 Å². The summed E-state index contributed by atoms with van der Waals surface area (Å²) in [7, 11) is 0. The molecule has 92 valence electrons. The second-order valence-electron chi connectivity index (χ2n) is 4.31. The molecule has 0 aromatic heterocycles. The molecule has 2 aromatic rings. The minimum Gasteiger partial charge on any atom is -0.318 e. The van der Waals surface area contributed by atoms with E-state index >= 15 is 0 Å². The summed E-state index contributed by atoms with van der Waals surface area (Å²) < 4.78 is 13.6. The first-order valence-corrected chi connectivity index (χ1v) is 6.16. The molecule has 0 heterocycles. The highest BCUT2D eigenvalue weighted by molar-refractivity contribution is 5.88. The van der Waals surface area contributed by atoms with E-state index in [2.05, 4.69) is 18.8 Å². The summed E-state index contributed by atoms with van der Waals surface area (Å²) in [6.45, 7) is 2.08. The summed E-state index contributed by atoms with van der Waals surface area (Å²) in [5.41, 5.74) is 6.69. The van der Waals surface area contributed by atoms with Gasteiger partial charge in [-0.2, -0.15) is 0 Å². The fourth-order valence-corrected chi connectivity index (χ4v) is 1.92. The van der Waals surface area contributed by atoms with Crippen molar-refractivity contribution in [3.63, 3.8) is 0 Å². The lowest BCUT2D eigenvalue weighted by molar-refractivity contribution is 0.640. The Morgan fingerprint density at radius 1 is 1.17 bits per heavy atom. The van der Waals surface area contributed by atoms with Crippen molar-refractivity contribution in [1.29, 1.82) is 0 Å². The van der Waals surface area contributed by atoms with Crippen LogP contribution in [0.4, 0.5) is 4.39 Å². The predicted molar refractivity (Wildman–Crippen MR) is 73.7 cm³/mol. The Kier molecular flexibility index (Phi) is 3.96. The first-order chi connectivity index (χ1) is 8.72. The SMILES string of the molecule is CCCC(N)C#Cc1ccc(F)c2ccccc12. The van der Waals surface area contributed by atoms with Gasteiger partial charge in [0.1, 0.15) is 5.82 Å². The quantitative estimate of drug-likeness (QED) is 0.801. The molecular weight excluding hydrogens is 225 g/mol.